The van der Waals surface area contributed by atoms with Crippen LogP contribution in [-0.2, 0) is 6.32 Å². The Morgan fingerprint density at radius 3 is 2.43 bits per heavy atom. The van der Waals surface area contributed by atoms with Gasteiger partial charge >= 0.3 is 0 Å². The second-order valence-electron chi connectivity index (χ2n) is 5.92. The maximum atomic E-state index is 4.89. The van der Waals surface area contributed by atoms with E-state index in [1.165, 1.54) is 27.7 Å². The third-order valence-electron chi connectivity index (χ3n) is 4.15. The first kappa shape index (κ1) is 13.9. The van der Waals surface area contributed by atoms with Gasteiger partial charge in [-0.3, -0.25) is 4.98 Å². The van der Waals surface area contributed by atoms with Crippen molar-refractivity contribution in [1.82, 2.24) is 4.98 Å². The average Bonchev–Trinajstić information content (AvgIpc) is 2.48. The molecule has 0 saturated heterocycles. The summed E-state index contributed by atoms with van der Waals surface area (Å²) in [6.45, 7) is 7.03. The van der Waals surface area contributed by atoms with Crippen LogP contribution in [0.2, 0.25) is 6.82 Å². The molecule has 1 heterocycles. The molecule has 0 unspecified atom stereocenters. The molecule has 3 aromatic rings. The predicted molar refractivity (Wildman–Crippen MR) is 92.6 cm³/mol. The maximum absolute atomic E-state index is 4.89. The molecule has 2 aromatic carbocycles. The highest BCUT2D eigenvalue weighted by Crippen LogP contribution is 2.19. The number of pyridine rings is 1. The molecule has 0 aliphatic carbocycles. The van der Waals surface area contributed by atoms with Gasteiger partial charge in [0.05, 0.1) is 5.52 Å². The topological polar surface area (TPSA) is 12.9 Å². The zero-order chi connectivity index (χ0) is 14.8. The Morgan fingerprint density at radius 1 is 0.905 bits per heavy atom. The molecule has 0 radical (unpaired) electrons. The monoisotopic (exact) mass is 273 g/mol. The first-order chi connectivity index (χ1) is 10.1. The van der Waals surface area contributed by atoms with Crippen molar-refractivity contribution >= 4 is 23.2 Å². The smallest absolute Gasteiger partial charge is 0.201 e. The lowest BCUT2D eigenvalue weighted by molar-refractivity contribution is 1.33. The highest BCUT2D eigenvalue weighted by molar-refractivity contribution is 6.70. The Hall–Kier alpha value is -2.09. The predicted octanol–water partition coefficient (Wildman–Crippen LogP) is 3.97. The second-order valence-corrected chi connectivity index (χ2v) is 5.92. The fraction of sp³-hybridized carbons (Fsp3) is 0.211. The molecule has 0 atom stereocenters. The summed E-state index contributed by atoms with van der Waals surface area (Å²) in [5.74, 6) is 0. The Morgan fingerprint density at radius 2 is 1.67 bits per heavy atom. The third kappa shape index (κ3) is 2.85. The number of hydrogen-bond donors (Lipinski definition) is 0. The highest BCUT2D eigenvalue weighted by Gasteiger charge is 2.15. The minimum absolute atomic E-state index is 0.427. The van der Waals surface area contributed by atoms with Crippen molar-refractivity contribution in [1.29, 1.82) is 0 Å². The Kier molecular flexibility index (Phi) is 3.79. The van der Waals surface area contributed by atoms with E-state index in [0.717, 1.165) is 11.8 Å². The maximum Gasteiger partial charge on any atom is 0.201 e. The fourth-order valence-electron chi connectivity index (χ4n) is 3.05. The summed E-state index contributed by atoms with van der Waals surface area (Å²) in [6, 6.07) is 19.3. The van der Waals surface area contributed by atoms with Crippen LogP contribution in [0.15, 0.2) is 54.6 Å². The van der Waals surface area contributed by atoms with Gasteiger partial charge in [-0.25, -0.2) is 0 Å². The van der Waals surface area contributed by atoms with Crippen LogP contribution >= 0.6 is 0 Å². The van der Waals surface area contributed by atoms with Gasteiger partial charge in [0.2, 0.25) is 6.71 Å². The first-order valence-corrected chi connectivity index (χ1v) is 7.56. The standard InChI is InChI=1S/C19H20BN/c1-14-8-7-11-17-19(14)15(2)12-18(21-17)20(3)13-16-9-5-4-6-10-16/h4-12H,13H2,1-3H3. The summed E-state index contributed by atoms with van der Waals surface area (Å²) >= 11 is 0. The summed E-state index contributed by atoms with van der Waals surface area (Å²) in [5.41, 5.74) is 6.31. The SMILES string of the molecule is CB(Cc1ccccc1)c1cc(C)c2c(C)cccc2n1. The van der Waals surface area contributed by atoms with E-state index in [9.17, 15) is 0 Å². The normalized spacial score (nSPS) is 10.8. The van der Waals surface area contributed by atoms with E-state index < -0.39 is 0 Å². The van der Waals surface area contributed by atoms with Crippen molar-refractivity contribution < 1.29 is 0 Å². The lowest BCUT2D eigenvalue weighted by atomic mass is 9.45. The van der Waals surface area contributed by atoms with E-state index in [4.69, 9.17) is 4.98 Å². The van der Waals surface area contributed by atoms with Gasteiger partial charge in [0.15, 0.2) is 0 Å². The molecule has 0 amide bonds. The molecule has 1 aromatic heterocycles. The molecule has 3 rings (SSSR count). The van der Waals surface area contributed by atoms with Crippen LogP contribution in [0.1, 0.15) is 16.7 Å². The molecule has 104 valence electrons. The number of hydrogen-bond acceptors (Lipinski definition) is 1. The number of benzene rings is 2. The summed E-state index contributed by atoms with van der Waals surface area (Å²) in [5, 5.41) is 1.30. The summed E-state index contributed by atoms with van der Waals surface area (Å²) in [4.78, 5) is 4.89. The van der Waals surface area contributed by atoms with Crippen molar-refractivity contribution in [3.05, 3.63) is 71.3 Å². The number of fused-ring (bicyclic) bond motifs is 1. The number of aromatic nitrogens is 1. The van der Waals surface area contributed by atoms with Crippen molar-refractivity contribution in [3.8, 4) is 0 Å². The van der Waals surface area contributed by atoms with Gasteiger partial charge in [-0.1, -0.05) is 54.9 Å². The van der Waals surface area contributed by atoms with Gasteiger partial charge in [0.25, 0.3) is 0 Å². The van der Waals surface area contributed by atoms with Crippen LogP contribution in [0.25, 0.3) is 10.9 Å². The molecular weight excluding hydrogens is 253 g/mol. The van der Waals surface area contributed by atoms with Gasteiger partial charge in [0.1, 0.15) is 0 Å². The minimum Gasteiger partial charge on any atom is -0.263 e. The van der Waals surface area contributed by atoms with Gasteiger partial charge in [-0.15, -0.1) is 0 Å². The Balaban J connectivity index is 1.97. The van der Waals surface area contributed by atoms with Gasteiger partial charge in [-0.2, -0.15) is 0 Å². The molecule has 21 heavy (non-hydrogen) atoms. The summed E-state index contributed by atoms with van der Waals surface area (Å²) in [6.07, 6.45) is 1.03. The quantitative estimate of drug-likeness (QED) is 0.658. The van der Waals surface area contributed by atoms with Gasteiger partial charge < -0.3 is 0 Å². The van der Waals surface area contributed by atoms with E-state index in [-0.39, 0.29) is 0 Å². The van der Waals surface area contributed by atoms with Crippen LogP contribution < -0.4 is 5.59 Å². The third-order valence-corrected chi connectivity index (χ3v) is 4.15. The van der Waals surface area contributed by atoms with Gasteiger partial charge in [0, 0.05) is 11.0 Å². The molecule has 0 aliphatic rings. The van der Waals surface area contributed by atoms with Crippen molar-refractivity contribution in [2.45, 2.75) is 27.0 Å². The zero-order valence-electron chi connectivity index (χ0n) is 12.9. The molecule has 1 nitrogen and oxygen atoms in total. The summed E-state index contributed by atoms with van der Waals surface area (Å²) in [7, 11) is 0. The fourth-order valence-corrected chi connectivity index (χ4v) is 3.05. The number of nitrogens with zero attached hydrogens (tertiary/aromatic N) is 1. The van der Waals surface area contributed by atoms with E-state index in [0.29, 0.717) is 6.71 Å². The van der Waals surface area contributed by atoms with Crippen molar-refractivity contribution in [2.24, 2.45) is 0 Å². The average molecular weight is 273 g/mol. The molecule has 0 N–H and O–H groups in total. The van der Waals surface area contributed by atoms with Crippen LogP contribution in [0, 0.1) is 13.8 Å². The molecule has 0 aliphatic heterocycles. The van der Waals surface area contributed by atoms with Crippen LogP contribution in [0.3, 0.4) is 0 Å². The summed E-state index contributed by atoms with van der Waals surface area (Å²) < 4.78 is 0. The minimum atomic E-state index is 0.427. The zero-order valence-corrected chi connectivity index (χ0v) is 12.9. The molecule has 0 saturated carbocycles. The molecule has 0 fully saturated rings. The lowest BCUT2D eigenvalue weighted by Crippen LogP contribution is -2.32. The Bertz CT molecular complexity index is 765. The molecule has 0 spiro atoms. The van der Waals surface area contributed by atoms with Crippen LogP contribution in [-0.4, -0.2) is 11.7 Å². The lowest BCUT2D eigenvalue weighted by Gasteiger charge is -2.12. The van der Waals surface area contributed by atoms with Crippen LogP contribution in [0.4, 0.5) is 0 Å². The van der Waals surface area contributed by atoms with E-state index in [2.05, 4.69) is 75.3 Å². The molecular formula is C19H20BN. The number of aryl methyl sites for hydroxylation is 2. The van der Waals surface area contributed by atoms with Crippen LogP contribution in [0.5, 0.6) is 0 Å². The van der Waals surface area contributed by atoms with Crippen molar-refractivity contribution in [3.63, 3.8) is 0 Å². The Labute approximate surface area is 127 Å². The number of rotatable bonds is 3. The largest absolute Gasteiger partial charge is 0.263 e. The van der Waals surface area contributed by atoms with Crippen molar-refractivity contribution in [2.75, 3.05) is 0 Å². The molecule has 2 heteroatoms. The van der Waals surface area contributed by atoms with Gasteiger partial charge in [-0.05, 0) is 43.4 Å². The van der Waals surface area contributed by atoms with E-state index >= 15 is 0 Å². The van der Waals surface area contributed by atoms with E-state index in [1.54, 1.807) is 0 Å². The van der Waals surface area contributed by atoms with E-state index in [1.807, 2.05) is 0 Å². The molecule has 0 bridgehead atoms. The first-order valence-electron chi connectivity index (χ1n) is 7.56. The second kappa shape index (κ2) is 5.73. The highest BCUT2D eigenvalue weighted by atomic mass is 14.7.